The number of rotatable bonds is 8. The molecule has 2 heterocycles. The normalized spacial score (nSPS) is 18.4. The fraction of sp³-hybridized carbons (Fsp3) is 0.333. The smallest absolute Gasteiger partial charge is 0.337 e. The molecule has 10 heteroatoms. The number of hydrogen-bond donors (Lipinski definition) is 1. The van der Waals surface area contributed by atoms with Crippen LogP contribution in [0.15, 0.2) is 53.3 Å². The summed E-state index contributed by atoms with van der Waals surface area (Å²) in [6.45, 7) is 6.04. The predicted molar refractivity (Wildman–Crippen MR) is 151 cm³/mol. The molecule has 0 saturated heterocycles. The Hall–Kier alpha value is -3.46. The standard InChI is InChI=1S/C30H29Cl2N3O5/c1-16(2)28-21(27(35-40-28)26-22(31)6-5-7-23(26)32)15-39-25-14-33-24(13-34-25)30(37)11-20(12-30)18-8-17(3)9-19(10-18)29(36)38-4/h5-10,13-14,16,20,37H,11-12,15H2,1-4H3. The average molecular weight is 582 g/mol. The van der Waals surface area contributed by atoms with E-state index in [4.69, 9.17) is 37.2 Å². The third-order valence-corrected chi connectivity index (χ3v) is 7.80. The molecule has 208 valence electrons. The quantitative estimate of drug-likeness (QED) is 0.221. The Labute approximate surface area is 242 Å². The zero-order valence-corrected chi connectivity index (χ0v) is 24.1. The number of halogens is 2. The molecule has 0 amide bonds. The van der Waals surface area contributed by atoms with Crippen LogP contribution in [0.4, 0.5) is 0 Å². The molecule has 8 nitrogen and oxygen atoms in total. The van der Waals surface area contributed by atoms with E-state index in [9.17, 15) is 9.90 Å². The van der Waals surface area contributed by atoms with Crippen LogP contribution in [-0.2, 0) is 16.9 Å². The lowest BCUT2D eigenvalue weighted by atomic mass is 9.66. The first-order valence-corrected chi connectivity index (χ1v) is 13.7. The van der Waals surface area contributed by atoms with Gasteiger partial charge in [0.05, 0.1) is 46.4 Å². The van der Waals surface area contributed by atoms with Crippen LogP contribution < -0.4 is 4.74 Å². The zero-order chi connectivity index (χ0) is 28.6. The summed E-state index contributed by atoms with van der Waals surface area (Å²) in [5.41, 5.74) is 3.63. The van der Waals surface area contributed by atoms with Gasteiger partial charge in [0.25, 0.3) is 0 Å². The molecule has 4 aromatic rings. The first-order chi connectivity index (χ1) is 19.1. The Morgan fingerprint density at radius 3 is 2.50 bits per heavy atom. The molecular weight excluding hydrogens is 553 g/mol. The fourth-order valence-electron chi connectivity index (χ4n) is 5.10. The highest BCUT2D eigenvalue weighted by molar-refractivity contribution is 6.39. The van der Waals surface area contributed by atoms with E-state index >= 15 is 0 Å². The number of carbonyl (C=O) groups is 1. The van der Waals surface area contributed by atoms with Crippen molar-refractivity contribution in [2.45, 2.75) is 57.7 Å². The van der Waals surface area contributed by atoms with E-state index in [1.807, 2.05) is 32.9 Å². The van der Waals surface area contributed by atoms with E-state index in [2.05, 4.69) is 15.1 Å². The van der Waals surface area contributed by atoms with E-state index in [0.717, 1.165) is 16.7 Å². The SMILES string of the molecule is COC(=O)c1cc(C)cc(C2CC(O)(c3cnc(OCc4c(-c5c(Cl)cccc5Cl)noc4C(C)C)cn3)C2)c1. The second-order valence-electron chi connectivity index (χ2n) is 10.4. The van der Waals surface area contributed by atoms with Crippen molar-refractivity contribution in [2.75, 3.05) is 7.11 Å². The molecule has 0 spiro atoms. The Bertz CT molecular complexity index is 1530. The molecule has 2 aromatic heterocycles. The lowest BCUT2D eigenvalue weighted by Gasteiger charge is -2.43. The first kappa shape index (κ1) is 28.1. The van der Waals surface area contributed by atoms with Gasteiger partial charge in [-0.3, -0.25) is 4.98 Å². The third kappa shape index (κ3) is 5.44. The molecule has 0 atom stereocenters. The van der Waals surface area contributed by atoms with Crippen molar-refractivity contribution in [3.05, 3.63) is 92.5 Å². The number of aryl methyl sites for hydroxylation is 1. The van der Waals surface area contributed by atoms with Crippen molar-refractivity contribution in [1.82, 2.24) is 15.1 Å². The van der Waals surface area contributed by atoms with Crippen LogP contribution in [0.2, 0.25) is 10.0 Å². The van der Waals surface area contributed by atoms with E-state index in [0.29, 0.717) is 51.2 Å². The molecule has 0 unspecified atom stereocenters. The molecule has 0 radical (unpaired) electrons. The van der Waals surface area contributed by atoms with Gasteiger partial charge in [-0.2, -0.15) is 0 Å². The van der Waals surface area contributed by atoms with Crippen molar-refractivity contribution < 1.29 is 23.9 Å². The van der Waals surface area contributed by atoms with E-state index < -0.39 is 5.60 Å². The van der Waals surface area contributed by atoms with Crippen molar-refractivity contribution >= 4 is 29.2 Å². The number of carbonyl (C=O) groups excluding carboxylic acids is 1. The summed E-state index contributed by atoms with van der Waals surface area (Å²) in [5, 5.41) is 16.4. The number of aromatic nitrogens is 3. The molecule has 40 heavy (non-hydrogen) atoms. The second kappa shape index (κ2) is 11.2. The summed E-state index contributed by atoms with van der Waals surface area (Å²) in [5.74, 6) is 0.708. The summed E-state index contributed by atoms with van der Waals surface area (Å²) < 4.78 is 16.5. The Morgan fingerprint density at radius 2 is 1.88 bits per heavy atom. The lowest BCUT2D eigenvalue weighted by molar-refractivity contribution is -0.0590. The van der Waals surface area contributed by atoms with E-state index in [1.54, 1.807) is 24.3 Å². The number of hydrogen-bond acceptors (Lipinski definition) is 8. The van der Waals surface area contributed by atoms with E-state index in [-0.39, 0.29) is 30.3 Å². The number of benzene rings is 2. The van der Waals surface area contributed by atoms with Gasteiger partial charge in [0.1, 0.15) is 23.7 Å². The van der Waals surface area contributed by atoms with Crippen LogP contribution in [0, 0.1) is 6.92 Å². The monoisotopic (exact) mass is 581 g/mol. The van der Waals surface area contributed by atoms with Crippen LogP contribution in [-0.4, -0.2) is 33.3 Å². The maximum Gasteiger partial charge on any atom is 0.337 e. The number of nitrogens with zero attached hydrogens (tertiary/aromatic N) is 3. The van der Waals surface area contributed by atoms with Crippen LogP contribution in [0.3, 0.4) is 0 Å². The molecule has 1 aliphatic rings. The second-order valence-corrected chi connectivity index (χ2v) is 11.2. The zero-order valence-electron chi connectivity index (χ0n) is 22.6. The van der Waals surface area contributed by atoms with Crippen LogP contribution in [0.25, 0.3) is 11.3 Å². The van der Waals surface area contributed by atoms with Gasteiger partial charge in [0.2, 0.25) is 5.88 Å². The predicted octanol–water partition coefficient (Wildman–Crippen LogP) is 7.00. The van der Waals surface area contributed by atoms with Crippen LogP contribution in [0.5, 0.6) is 5.88 Å². The molecule has 1 N–H and O–H groups in total. The maximum atomic E-state index is 12.0. The van der Waals surface area contributed by atoms with Gasteiger partial charge < -0.3 is 19.1 Å². The third-order valence-electron chi connectivity index (χ3n) is 7.17. The summed E-state index contributed by atoms with van der Waals surface area (Å²) in [6, 6.07) is 10.9. The number of ether oxygens (including phenoxy) is 2. The highest BCUT2D eigenvalue weighted by Gasteiger charge is 2.46. The first-order valence-electron chi connectivity index (χ1n) is 12.9. The van der Waals surface area contributed by atoms with Crippen molar-refractivity contribution in [2.24, 2.45) is 0 Å². The number of methoxy groups -OCH3 is 1. The molecule has 1 saturated carbocycles. The Morgan fingerprint density at radius 1 is 1.15 bits per heavy atom. The highest BCUT2D eigenvalue weighted by Crippen LogP contribution is 2.50. The molecule has 0 aliphatic heterocycles. The molecule has 2 aromatic carbocycles. The average Bonchev–Trinajstić information content (AvgIpc) is 3.33. The summed E-state index contributed by atoms with van der Waals surface area (Å²) in [6.07, 6.45) is 3.95. The van der Waals surface area contributed by atoms with Gasteiger partial charge in [-0.1, -0.05) is 54.3 Å². The Kier molecular flexibility index (Phi) is 7.86. The summed E-state index contributed by atoms with van der Waals surface area (Å²) >= 11 is 12.9. The molecule has 0 bridgehead atoms. The molecule has 1 aliphatic carbocycles. The Balaban J connectivity index is 1.29. The van der Waals surface area contributed by atoms with Crippen LogP contribution >= 0.6 is 23.2 Å². The summed E-state index contributed by atoms with van der Waals surface area (Å²) in [4.78, 5) is 20.8. The number of aliphatic hydroxyl groups is 1. The molecular formula is C30H29Cl2N3O5. The summed E-state index contributed by atoms with van der Waals surface area (Å²) in [7, 11) is 1.36. The lowest BCUT2D eigenvalue weighted by Crippen LogP contribution is -2.40. The van der Waals surface area contributed by atoms with Crippen molar-refractivity contribution in [1.29, 1.82) is 0 Å². The van der Waals surface area contributed by atoms with Gasteiger partial charge >= 0.3 is 5.97 Å². The highest BCUT2D eigenvalue weighted by atomic mass is 35.5. The van der Waals surface area contributed by atoms with Crippen molar-refractivity contribution in [3.8, 4) is 17.1 Å². The van der Waals surface area contributed by atoms with Gasteiger partial charge in [0.15, 0.2) is 0 Å². The maximum absolute atomic E-state index is 12.0. The van der Waals surface area contributed by atoms with Gasteiger partial charge in [-0.15, -0.1) is 0 Å². The molecule has 5 rings (SSSR count). The minimum Gasteiger partial charge on any atom is -0.471 e. The topological polar surface area (TPSA) is 108 Å². The number of esters is 1. The van der Waals surface area contributed by atoms with Gasteiger partial charge in [0, 0.05) is 11.5 Å². The van der Waals surface area contributed by atoms with Gasteiger partial charge in [-0.05, 0) is 61.1 Å². The minimum absolute atomic E-state index is 0.0486. The van der Waals surface area contributed by atoms with Gasteiger partial charge in [-0.25, -0.2) is 9.78 Å². The van der Waals surface area contributed by atoms with Crippen molar-refractivity contribution in [3.63, 3.8) is 0 Å². The fourth-order valence-corrected chi connectivity index (χ4v) is 5.67. The van der Waals surface area contributed by atoms with E-state index in [1.165, 1.54) is 19.5 Å². The minimum atomic E-state index is -1.11. The largest absolute Gasteiger partial charge is 0.471 e. The molecule has 1 fully saturated rings. The van der Waals surface area contributed by atoms with Crippen LogP contribution in [0.1, 0.15) is 77.0 Å².